The largest absolute Gasteiger partial charge is 0.355 e. The highest BCUT2D eigenvalue weighted by atomic mass is 14.8. The van der Waals surface area contributed by atoms with Crippen molar-refractivity contribution in [1.82, 2.24) is 19.9 Å². The van der Waals surface area contributed by atoms with Crippen molar-refractivity contribution >= 4 is 44.4 Å². The molecular formula is C32H26N4. The van der Waals surface area contributed by atoms with Gasteiger partial charge in [0.05, 0.1) is 22.8 Å². The maximum atomic E-state index is 5.20. The summed E-state index contributed by atoms with van der Waals surface area (Å²) in [5.74, 6) is 1.90. The number of H-pyrrole nitrogens is 2. The standard InChI is InChI=1S/C32H26N4/c1-2-18-4-3-17(1)29-25-13-21-9-10-23(33-21)15-27-31-19-5-7-20(8-6-19)32(31)28(36-27)16-24-12-11-22(34-24)14-26(35-25)30(18)29/h1-2,5,7,9-20,33-34H,3-4,6,8H2. The fraction of sp³-hybridized carbons (Fsp3) is 0.250. The Bertz CT molecular complexity index is 1520. The maximum Gasteiger partial charge on any atom is 0.0699 e. The predicted octanol–water partition coefficient (Wildman–Crippen LogP) is 7.33. The lowest BCUT2D eigenvalue weighted by Gasteiger charge is -2.32. The lowest BCUT2D eigenvalue weighted by molar-refractivity contribution is 0.558. The molecule has 0 fully saturated rings. The highest BCUT2D eigenvalue weighted by molar-refractivity contribution is 5.99. The summed E-state index contributed by atoms with van der Waals surface area (Å²) in [6.45, 7) is 0. The first kappa shape index (κ1) is 19.3. The first-order valence-electron chi connectivity index (χ1n) is 13.3. The lowest BCUT2D eigenvalue weighted by Crippen LogP contribution is -2.18. The Morgan fingerprint density at radius 2 is 0.722 bits per heavy atom. The van der Waals surface area contributed by atoms with Gasteiger partial charge in [0.15, 0.2) is 0 Å². The van der Waals surface area contributed by atoms with Gasteiger partial charge in [-0.2, -0.15) is 0 Å². The van der Waals surface area contributed by atoms with Gasteiger partial charge in [0.2, 0.25) is 0 Å². The molecule has 4 nitrogen and oxygen atoms in total. The van der Waals surface area contributed by atoms with E-state index in [1.165, 1.54) is 48.0 Å². The van der Waals surface area contributed by atoms with Crippen molar-refractivity contribution in [3.63, 3.8) is 0 Å². The molecule has 2 aliphatic heterocycles. The Labute approximate surface area is 209 Å². The number of hydrogen-bond acceptors (Lipinski definition) is 2. The zero-order chi connectivity index (χ0) is 23.4. The highest BCUT2D eigenvalue weighted by Crippen LogP contribution is 2.52. The van der Waals surface area contributed by atoms with Crippen LogP contribution in [-0.2, 0) is 0 Å². The van der Waals surface area contributed by atoms with Crippen LogP contribution in [0.25, 0.3) is 44.4 Å². The molecule has 0 radical (unpaired) electrons. The van der Waals surface area contributed by atoms with Crippen LogP contribution in [0.1, 0.15) is 48.5 Å². The Morgan fingerprint density at radius 3 is 0.972 bits per heavy atom. The van der Waals surface area contributed by atoms with Gasteiger partial charge in [0.25, 0.3) is 0 Å². The summed E-state index contributed by atoms with van der Waals surface area (Å²) in [7, 11) is 0. The number of fused-ring (bicyclic) bond motifs is 10. The Kier molecular flexibility index (Phi) is 3.67. The molecule has 3 aromatic rings. The van der Waals surface area contributed by atoms with Gasteiger partial charge in [-0.3, -0.25) is 0 Å². The molecule has 0 saturated carbocycles. The minimum absolute atomic E-state index is 0.475. The van der Waals surface area contributed by atoms with Crippen molar-refractivity contribution in [1.29, 1.82) is 0 Å². The molecule has 0 spiro atoms. The van der Waals surface area contributed by atoms with E-state index in [-0.39, 0.29) is 0 Å². The number of aromatic amines is 2. The molecule has 0 amide bonds. The van der Waals surface area contributed by atoms with E-state index in [1.807, 2.05) is 0 Å². The first-order chi connectivity index (χ1) is 17.8. The van der Waals surface area contributed by atoms with Gasteiger partial charge in [-0.05, 0) is 96.5 Å². The van der Waals surface area contributed by atoms with Crippen molar-refractivity contribution in [3.8, 4) is 0 Å². The Hall–Kier alpha value is -3.92. The zero-order valence-electron chi connectivity index (χ0n) is 20.0. The third-order valence-corrected chi connectivity index (χ3v) is 9.01. The molecule has 174 valence electrons. The second kappa shape index (κ2) is 6.85. The van der Waals surface area contributed by atoms with Crippen molar-refractivity contribution in [2.45, 2.75) is 25.7 Å². The van der Waals surface area contributed by atoms with Crippen molar-refractivity contribution < 1.29 is 0 Å². The lowest BCUT2D eigenvalue weighted by atomic mass is 9.71. The number of allylic oxidation sites excluding steroid dienone is 8. The summed E-state index contributed by atoms with van der Waals surface area (Å²) in [6.07, 6.45) is 14.5. The van der Waals surface area contributed by atoms with Gasteiger partial charge in [0, 0.05) is 45.7 Å². The minimum Gasteiger partial charge on any atom is -0.355 e. The van der Waals surface area contributed by atoms with Gasteiger partial charge in [-0.1, -0.05) is 24.3 Å². The average Bonchev–Trinajstić information content (AvgIpc) is 3.70. The van der Waals surface area contributed by atoms with Gasteiger partial charge < -0.3 is 9.97 Å². The van der Waals surface area contributed by atoms with Crippen LogP contribution in [0.5, 0.6) is 0 Å². The average molecular weight is 467 g/mol. The Balaban J connectivity index is 1.35. The van der Waals surface area contributed by atoms with E-state index in [0.717, 1.165) is 44.8 Å². The van der Waals surface area contributed by atoms with Crippen LogP contribution in [0.15, 0.2) is 72.8 Å². The number of aromatic nitrogens is 4. The summed E-state index contributed by atoms with van der Waals surface area (Å²) < 4.78 is 0. The molecule has 0 aromatic carbocycles. The second-order valence-electron chi connectivity index (χ2n) is 11.1. The molecule has 8 aliphatic rings. The van der Waals surface area contributed by atoms with E-state index in [1.54, 1.807) is 0 Å². The molecule has 4 unspecified atom stereocenters. The maximum absolute atomic E-state index is 5.20. The quantitative estimate of drug-likeness (QED) is 0.341. The Morgan fingerprint density at radius 1 is 0.444 bits per heavy atom. The molecule has 36 heavy (non-hydrogen) atoms. The van der Waals surface area contributed by atoms with Gasteiger partial charge in [-0.15, -0.1) is 0 Å². The highest BCUT2D eigenvalue weighted by Gasteiger charge is 2.38. The molecule has 11 rings (SSSR count). The van der Waals surface area contributed by atoms with Gasteiger partial charge >= 0.3 is 0 Å². The normalized spacial score (nSPS) is 27.1. The predicted molar refractivity (Wildman–Crippen MR) is 145 cm³/mol. The fourth-order valence-corrected chi connectivity index (χ4v) is 7.44. The molecule has 6 aliphatic carbocycles. The minimum atomic E-state index is 0.475. The van der Waals surface area contributed by atoms with E-state index in [4.69, 9.17) is 9.97 Å². The van der Waals surface area contributed by atoms with Gasteiger partial charge in [0.1, 0.15) is 0 Å². The van der Waals surface area contributed by atoms with Crippen LogP contribution in [0.2, 0.25) is 0 Å². The monoisotopic (exact) mass is 466 g/mol. The van der Waals surface area contributed by atoms with E-state index >= 15 is 0 Å². The zero-order valence-corrected chi connectivity index (χ0v) is 20.0. The summed E-state index contributed by atoms with van der Waals surface area (Å²) in [5.41, 5.74) is 14.6. The molecule has 4 heteroatoms. The van der Waals surface area contributed by atoms with Crippen LogP contribution in [0.3, 0.4) is 0 Å². The van der Waals surface area contributed by atoms with E-state index < -0.39 is 0 Å². The summed E-state index contributed by atoms with van der Waals surface area (Å²) in [4.78, 5) is 17.7. The van der Waals surface area contributed by atoms with Gasteiger partial charge in [-0.25, -0.2) is 9.97 Å². The summed E-state index contributed by atoms with van der Waals surface area (Å²) >= 11 is 0. The van der Waals surface area contributed by atoms with Crippen molar-refractivity contribution in [2.75, 3.05) is 0 Å². The fourth-order valence-electron chi connectivity index (χ4n) is 7.44. The smallest absolute Gasteiger partial charge is 0.0699 e. The summed E-state index contributed by atoms with van der Waals surface area (Å²) in [6, 6.07) is 17.7. The van der Waals surface area contributed by atoms with Crippen molar-refractivity contribution in [3.05, 3.63) is 95.6 Å². The SMILES string of the molecule is C1=CC2CCC1C1=C2c2cc3ccc(cc4nc(cc5ccc(cc1n2)[nH]5)C1=C4C2C=CC1CC2)[nH]3. The van der Waals surface area contributed by atoms with Crippen LogP contribution >= 0.6 is 0 Å². The van der Waals surface area contributed by atoms with Crippen LogP contribution < -0.4 is 0 Å². The number of rotatable bonds is 0. The van der Waals surface area contributed by atoms with E-state index in [0.29, 0.717) is 23.7 Å². The first-order valence-corrected chi connectivity index (χ1v) is 13.3. The molecule has 12 bridgehead atoms. The summed E-state index contributed by atoms with van der Waals surface area (Å²) in [5, 5.41) is 0. The third kappa shape index (κ3) is 2.64. The second-order valence-corrected chi connectivity index (χ2v) is 11.1. The number of nitrogens with one attached hydrogen (secondary N) is 2. The molecular weight excluding hydrogens is 440 g/mol. The van der Waals surface area contributed by atoms with Crippen LogP contribution in [0, 0.1) is 23.7 Å². The number of hydrogen-bond donors (Lipinski definition) is 2. The van der Waals surface area contributed by atoms with Crippen molar-refractivity contribution in [2.24, 2.45) is 23.7 Å². The van der Waals surface area contributed by atoms with E-state index in [9.17, 15) is 0 Å². The third-order valence-electron chi connectivity index (χ3n) is 9.01. The molecule has 2 N–H and O–H groups in total. The molecule has 4 atom stereocenters. The van der Waals surface area contributed by atoms with Crippen LogP contribution in [0.4, 0.5) is 0 Å². The number of nitrogens with zero attached hydrogens (tertiary/aromatic N) is 2. The van der Waals surface area contributed by atoms with Crippen LogP contribution in [-0.4, -0.2) is 19.9 Å². The van der Waals surface area contributed by atoms with E-state index in [2.05, 4.69) is 82.8 Å². The topological polar surface area (TPSA) is 57.4 Å². The molecule has 5 heterocycles. The molecule has 3 aromatic heterocycles. The molecule has 0 saturated heterocycles.